The first kappa shape index (κ1) is 15.9. The largest absolute Gasteiger partial charge is 0.337 e. The fourth-order valence-corrected chi connectivity index (χ4v) is 2.83. The zero-order chi connectivity index (χ0) is 17.2. The molecule has 0 bridgehead atoms. The summed E-state index contributed by atoms with van der Waals surface area (Å²) in [4.78, 5) is 5.76. The highest BCUT2D eigenvalue weighted by Gasteiger charge is 2.12. The maximum atomic E-state index is 5.98. The number of tetrazole rings is 1. The summed E-state index contributed by atoms with van der Waals surface area (Å²) in [5.41, 5.74) is 1.65. The van der Waals surface area contributed by atoms with Crippen molar-refractivity contribution in [1.82, 2.24) is 30.3 Å². The second-order valence-corrected chi connectivity index (χ2v) is 6.53. The molecule has 124 valence electrons. The van der Waals surface area contributed by atoms with Gasteiger partial charge >= 0.3 is 0 Å². The minimum atomic E-state index is 0.231. The average Bonchev–Trinajstić information content (AvgIpc) is 3.25. The summed E-state index contributed by atoms with van der Waals surface area (Å²) >= 11 is 9.41. The van der Waals surface area contributed by atoms with Gasteiger partial charge in [0.05, 0.1) is 0 Å². The van der Waals surface area contributed by atoms with E-state index >= 15 is 0 Å². The van der Waals surface area contributed by atoms with E-state index in [-0.39, 0.29) is 6.54 Å². The highest BCUT2D eigenvalue weighted by atomic mass is 79.9. The van der Waals surface area contributed by atoms with Gasteiger partial charge in [-0.15, -0.1) is 10.2 Å². The van der Waals surface area contributed by atoms with Gasteiger partial charge < -0.3 is 4.52 Å². The Kier molecular flexibility index (Phi) is 4.29. The summed E-state index contributed by atoms with van der Waals surface area (Å²) in [6.45, 7) is 0.231. The SMILES string of the molecule is Clc1cccc(-c2nnn(Cc3nc(-c4cccc(Br)c4)no3)n2)c1. The molecular weight excluding hydrogens is 408 g/mol. The fourth-order valence-electron chi connectivity index (χ4n) is 2.24. The van der Waals surface area contributed by atoms with Crippen LogP contribution in [0.15, 0.2) is 57.5 Å². The van der Waals surface area contributed by atoms with E-state index < -0.39 is 0 Å². The summed E-state index contributed by atoms with van der Waals surface area (Å²) in [7, 11) is 0. The Labute approximate surface area is 155 Å². The lowest BCUT2D eigenvalue weighted by atomic mass is 10.2. The van der Waals surface area contributed by atoms with Crippen molar-refractivity contribution in [2.45, 2.75) is 6.54 Å². The molecule has 2 aromatic carbocycles. The smallest absolute Gasteiger partial charge is 0.250 e. The number of rotatable bonds is 4. The topological polar surface area (TPSA) is 82.5 Å². The molecule has 9 heteroatoms. The quantitative estimate of drug-likeness (QED) is 0.501. The normalized spacial score (nSPS) is 11.0. The molecule has 0 unspecified atom stereocenters. The molecule has 2 heterocycles. The number of benzene rings is 2. The number of halogens is 2. The molecule has 25 heavy (non-hydrogen) atoms. The Morgan fingerprint density at radius 2 is 1.84 bits per heavy atom. The van der Waals surface area contributed by atoms with Crippen LogP contribution in [0.2, 0.25) is 5.02 Å². The fraction of sp³-hybridized carbons (Fsp3) is 0.0625. The summed E-state index contributed by atoms with van der Waals surface area (Å²) in [5, 5.41) is 17.0. The third kappa shape index (κ3) is 3.59. The first-order chi connectivity index (χ1) is 12.2. The first-order valence-corrected chi connectivity index (χ1v) is 8.47. The molecule has 0 aliphatic rings. The van der Waals surface area contributed by atoms with Gasteiger partial charge in [-0.05, 0) is 29.5 Å². The van der Waals surface area contributed by atoms with E-state index in [2.05, 4.69) is 41.5 Å². The molecule has 0 aliphatic heterocycles. The van der Waals surface area contributed by atoms with Crippen molar-refractivity contribution < 1.29 is 4.52 Å². The minimum Gasteiger partial charge on any atom is -0.337 e. The predicted octanol–water partition coefficient (Wildman–Crippen LogP) is 3.85. The van der Waals surface area contributed by atoms with Gasteiger partial charge in [0.15, 0.2) is 0 Å². The Morgan fingerprint density at radius 3 is 2.64 bits per heavy atom. The molecule has 0 fully saturated rings. The van der Waals surface area contributed by atoms with Crippen LogP contribution in [0.1, 0.15) is 5.89 Å². The van der Waals surface area contributed by atoms with Gasteiger partial charge in [-0.1, -0.05) is 57.0 Å². The highest BCUT2D eigenvalue weighted by Crippen LogP contribution is 2.21. The summed E-state index contributed by atoms with van der Waals surface area (Å²) in [6.07, 6.45) is 0. The lowest BCUT2D eigenvalue weighted by Crippen LogP contribution is -2.04. The number of hydrogen-bond donors (Lipinski definition) is 0. The summed E-state index contributed by atoms with van der Waals surface area (Å²) in [5.74, 6) is 1.38. The van der Waals surface area contributed by atoms with Crippen molar-refractivity contribution in [1.29, 1.82) is 0 Å². The lowest BCUT2D eigenvalue weighted by molar-refractivity contribution is 0.356. The second kappa shape index (κ2) is 6.73. The van der Waals surface area contributed by atoms with Gasteiger partial charge in [0, 0.05) is 20.6 Å². The standard InChI is InChI=1S/C16H10BrClN6O/c17-12-5-1-3-10(7-12)15-19-14(25-22-15)9-24-21-16(20-23-24)11-4-2-6-13(18)8-11/h1-8H,9H2. The van der Waals surface area contributed by atoms with E-state index in [1.807, 2.05) is 36.4 Å². The van der Waals surface area contributed by atoms with E-state index in [0.717, 1.165) is 15.6 Å². The molecule has 0 radical (unpaired) electrons. The number of hydrogen-bond acceptors (Lipinski definition) is 6. The molecule has 0 spiro atoms. The van der Waals surface area contributed by atoms with Gasteiger partial charge in [-0.2, -0.15) is 9.78 Å². The maximum Gasteiger partial charge on any atom is 0.250 e. The van der Waals surface area contributed by atoms with Crippen LogP contribution in [0.5, 0.6) is 0 Å². The Bertz CT molecular complexity index is 949. The van der Waals surface area contributed by atoms with Crippen LogP contribution in [-0.2, 0) is 6.54 Å². The van der Waals surface area contributed by atoms with Gasteiger partial charge in [0.2, 0.25) is 11.6 Å². The third-order valence-corrected chi connectivity index (χ3v) is 4.09. The number of aromatic nitrogens is 6. The molecular formula is C16H10BrClN6O. The summed E-state index contributed by atoms with van der Waals surface area (Å²) in [6, 6.07) is 14.9. The van der Waals surface area contributed by atoms with Crippen LogP contribution in [0.25, 0.3) is 22.8 Å². The van der Waals surface area contributed by atoms with Crippen molar-refractivity contribution in [3.63, 3.8) is 0 Å². The van der Waals surface area contributed by atoms with E-state index in [4.69, 9.17) is 16.1 Å². The van der Waals surface area contributed by atoms with E-state index in [9.17, 15) is 0 Å². The molecule has 4 aromatic rings. The van der Waals surface area contributed by atoms with E-state index in [0.29, 0.717) is 22.6 Å². The highest BCUT2D eigenvalue weighted by molar-refractivity contribution is 9.10. The van der Waals surface area contributed by atoms with Crippen LogP contribution < -0.4 is 0 Å². The molecule has 0 aliphatic carbocycles. The zero-order valence-corrected chi connectivity index (χ0v) is 15.0. The second-order valence-electron chi connectivity index (χ2n) is 5.18. The van der Waals surface area contributed by atoms with E-state index in [1.54, 1.807) is 12.1 Å². The minimum absolute atomic E-state index is 0.231. The molecule has 0 atom stereocenters. The zero-order valence-electron chi connectivity index (χ0n) is 12.7. The third-order valence-electron chi connectivity index (χ3n) is 3.36. The molecule has 4 rings (SSSR count). The predicted molar refractivity (Wildman–Crippen MR) is 94.8 cm³/mol. The lowest BCUT2D eigenvalue weighted by Gasteiger charge is -1.95. The van der Waals surface area contributed by atoms with Crippen molar-refractivity contribution in [2.24, 2.45) is 0 Å². The van der Waals surface area contributed by atoms with Gasteiger partial charge in [-0.25, -0.2) is 0 Å². The molecule has 0 saturated carbocycles. The number of nitrogens with zero attached hydrogens (tertiary/aromatic N) is 6. The molecule has 0 N–H and O–H groups in total. The molecule has 2 aromatic heterocycles. The van der Waals surface area contributed by atoms with Gasteiger partial charge in [0.25, 0.3) is 5.89 Å². The van der Waals surface area contributed by atoms with Crippen LogP contribution in [0, 0.1) is 0 Å². The van der Waals surface area contributed by atoms with Crippen molar-refractivity contribution in [2.75, 3.05) is 0 Å². The van der Waals surface area contributed by atoms with Crippen LogP contribution >= 0.6 is 27.5 Å². The molecule has 7 nitrogen and oxygen atoms in total. The first-order valence-electron chi connectivity index (χ1n) is 7.30. The van der Waals surface area contributed by atoms with E-state index in [1.165, 1.54) is 4.80 Å². The molecule has 0 saturated heterocycles. The van der Waals surface area contributed by atoms with Crippen LogP contribution in [-0.4, -0.2) is 30.3 Å². The van der Waals surface area contributed by atoms with Crippen molar-refractivity contribution >= 4 is 27.5 Å². The van der Waals surface area contributed by atoms with Gasteiger partial charge in [0.1, 0.15) is 6.54 Å². The monoisotopic (exact) mass is 416 g/mol. The van der Waals surface area contributed by atoms with Crippen LogP contribution in [0.3, 0.4) is 0 Å². The van der Waals surface area contributed by atoms with Crippen molar-refractivity contribution in [3.05, 3.63) is 63.9 Å². The Hall–Kier alpha value is -2.58. The Balaban J connectivity index is 1.54. The average molecular weight is 418 g/mol. The Morgan fingerprint density at radius 1 is 1.04 bits per heavy atom. The van der Waals surface area contributed by atoms with Crippen LogP contribution in [0.4, 0.5) is 0 Å². The maximum absolute atomic E-state index is 5.98. The van der Waals surface area contributed by atoms with Crippen molar-refractivity contribution in [3.8, 4) is 22.8 Å². The molecule has 0 amide bonds. The van der Waals surface area contributed by atoms with Gasteiger partial charge in [-0.3, -0.25) is 0 Å². The summed E-state index contributed by atoms with van der Waals surface area (Å²) < 4.78 is 6.22.